The van der Waals surface area contributed by atoms with Crippen LogP contribution in [-0.2, 0) is 9.47 Å². The Morgan fingerprint density at radius 2 is 2.30 bits per heavy atom. The van der Waals surface area contributed by atoms with Gasteiger partial charge in [0.15, 0.2) is 0 Å². The minimum atomic E-state index is -0.593. The summed E-state index contributed by atoms with van der Waals surface area (Å²) in [6, 6.07) is 3.29. The number of rotatable bonds is 4. The van der Waals surface area contributed by atoms with Crippen LogP contribution in [0.15, 0.2) is 18.2 Å². The highest BCUT2D eigenvalue weighted by Crippen LogP contribution is 2.42. The fourth-order valence-corrected chi connectivity index (χ4v) is 2.94. The van der Waals surface area contributed by atoms with Crippen molar-refractivity contribution in [1.82, 2.24) is 10.2 Å². The lowest BCUT2D eigenvalue weighted by Crippen LogP contribution is -2.51. The van der Waals surface area contributed by atoms with Crippen molar-refractivity contribution >= 4 is 6.03 Å². The van der Waals surface area contributed by atoms with Crippen molar-refractivity contribution < 1.29 is 23.0 Å². The van der Waals surface area contributed by atoms with E-state index in [1.807, 2.05) is 0 Å². The second-order valence-corrected chi connectivity index (χ2v) is 5.96. The Morgan fingerprint density at radius 1 is 1.48 bits per heavy atom. The quantitative estimate of drug-likeness (QED) is 0.919. The molecule has 1 aromatic carbocycles. The summed E-state index contributed by atoms with van der Waals surface area (Å²) >= 11 is 0. The summed E-state index contributed by atoms with van der Waals surface area (Å²) in [6.07, 6.45) is 0.546. The Labute approximate surface area is 133 Å². The van der Waals surface area contributed by atoms with Crippen molar-refractivity contribution in [1.29, 1.82) is 0 Å². The largest absolute Gasteiger partial charge is 0.382 e. The smallest absolute Gasteiger partial charge is 0.317 e. The van der Waals surface area contributed by atoms with Gasteiger partial charge in [-0.05, 0) is 18.1 Å². The fraction of sp³-hybridized carbons (Fsp3) is 0.562. The lowest BCUT2D eigenvalue weighted by Gasteiger charge is -2.32. The third kappa shape index (κ3) is 3.79. The highest BCUT2D eigenvalue weighted by molar-refractivity contribution is 5.75. The molecule has 7 heteroatoms. The number of carbonyl (C=O) groups excluding carboxylic acids is 1. The Bertz CT molecular complexity index is 582. The van der Waals surface area contributed by atoms with Crippen LogP contribution in [0.5, 0.6) is 0 Å². The number of halogens is 2. The number of nitrogens with zero attached hydrogens (tertiary/aromatic N) is 1. The highest BCUT2D eigenvalue weighted by atomic mass is 19.1. The van der Waals surface area contributed by atoms with Crippen LogP contribution in [0.1, 0.15) is 17.9 Å². The fourth-order valence-electron chi connectivity index (χ4n) is 2.94. The van der Waals surface area contributed by atoms with E-state index in [1.165, 1.54) is 12.1 Å². The monoisotopic (exact) mass is 326 g/mol. The normalized spacial score (nSPS) is 26.9. The molecule has 2 aliphatic rings. The van der Waals surface area contributed by atoms with Gasteiger partial charge in [-0.2, -0.15) is 0 Å². The summed E-state index contributed by atoms with van der Waals surface area (Å²) in [7, 11) is 1.59. The number of morpholine rings is 1. The number of hydrogen-bond acceptors (Lipinski definition) is 3. The van der Waals surface area contributed by atoms with Gasteiger partial charge < -0.3 is 19.7 Å². The van der Waals surface area contributed by atoms with E-state index in [9.17, 15) is 13.6 Å². The summed E-state index contributed by atoms with van der Waals surface area (Å²) in [4.78, 5) is 14.0. The molecule has 3 atom stereocenters. The molecule has 0 aromatic heterocycles. The van der Waals surface area contributed by atoms with Crippen molar-refractivity contribution in [3.63, 3.8) is 0 Å². The molecule has 3 rings (SSSR count). The molecule has 126 valence electrons. The maximum absolute atomic E-state index is 13.7. The van der Waals surface area contributed by atoms with Crippen molar-refractivity contribution in [2.75, 3.05) is 33.4 Å². The Balaban J connectivity index is 1.53. The van der Waals surface area contributed by atoms with Crippen LogP contribution >= 0.6 is 0 Å². The number of methoxy groups -OCH3 is 1. The Morgan fingerprint density at radius 3 is 3.04 bits per heavy atom. The van der Waals surface area contributed by atoms with Crippen LogP contribution in [0.25, 0.3) is 0 Å². The van der Waals surface area contributed by atoms with Crippen LogP contribution in [0, 0.1) is 11.6 Å². The number of urea groups is 1. The van der Waals surface area contributed by atoms with Gasteiger partial charge in [0.05, 0.1) is 25.9 Å². The van der Waals surface area contributed by atoms with Crippen molar-refractivity contribution in [3.05, 3.63) is 35.4 Å². The molecule has 23 heavy (non-hydrogen) atoms. The molecule has 1 aromatic rings. The van der Waals surface area contributed by atoms with E-state index in [4.69, 9.17) is 9.47 Å². The first-order valence-corrected chi connectivity index (χ1v) is 7.69. The molecule has 5 nitrogen and oxygen atoms in total. The van der Waals surface area contributed by atoms with Crippen molar-refractivity contribution in [2.24, 2.45) is 0 Å². The molecule has 1 saturated heterocycles. The lowest BCUT2D eigenvalue weighted by atomic mass is 10.1. The summed E-state index contributed by atoms with van der Waals surface area (Å²) in [6.45, 7) is 1.91. The molecule has 1 aliphatic carbocycles. The minimum Gasteiger partial charge on any atom is -0.382 e. The third-order valence-corrected chi connectivity index (χ3v) is 4.24. The third-order valence-electron chi connectivity index (χ3n) is 4.24. The topological polar surface area (TPSA) is 50.8 Å². The first-order chi connectivity index (χ1) is 11.1. The first-order valence-electron chi connectivity index (χ1n) is 7.69. The van der Waals surface area contributed by atoms with E-state index in [2.05, 4.69) is 5.32 Å². The van der Waals surface area contributed by atoms with E-state index < -0.39 is 11.6 Å². The molecule has 1 aliphatic heterocycles. The number of ether oxygens (including phenoxy) is 2. The molecule has 0 radical (unpaired) electrons. The zero-order valence-corrected chi connectivity index (χ0v) is 12.9. The van der Waals surface area contributed by atoms with Crippen LogP contribution in [-0.4, -0.2) is 56.5 Å². The molecule has 3 unspecified atom stereocenters. The number of carbonyl (C=O) groups is 1. The van der Waals surface area contributed by atoms with E-state index >= 15 is 0 Å². The summed E-state index contributed by atoms with van der Waals surface area (Å²) < 4.78 is 37.2. The molecule has 1 heterocycles. The highest BCUT2D eigenvalue weighted by Gasteiger charge is 2.42. The van der Waals surface area contributed by atoms with Gasteiger partial charge in [0, 0.05) is 31.7 Å². The van der Waals surface area contributed by atoms with E-state index in [1.54, 1.807) is 12.0 Å². The summed E-state index contributed by atoms with van der Waals surface area (Å²) in [5.74, 6) is -1.24. The molecular weight excluding hydrogens is 306 g/mol. The van der Waals surface area contributed by atoms with E-state index in [-0.39, 0.29) is 24.1 Å². The Kier molecular flexibility index (Phi) is 4.77. The average molecular weight is 326 g/mol. The van der Waals surface area contributed by atoms with Crippen molar-refractivity contribution in [2.45, 2.75) is 24.5 Å². The zero-order valence-electron chi connectivity index (χ0n) is 12.9. The predicted molar refractivity (Wildman–Crippen MR) is 79.2 cm³/mol. The van der Waals surface area contributed by atoms with Crippen LogP contribution in [0.2, 0.25) is 0 Å². The second-order valence-electron chi connectivity index (χ2n) is 5.96. The number of benzene rings is 1. The molecule has 0 bridgehead atoms. The van der Waals surface area contributed by atoms with Gasteiger partial charge in [-0.3, -0.25) is 0 Å². The summed E-state index contributed by atoms with van der Waals surface area (Å²) in [5.41, 5.74) is 0.455. The van der Waals surface area contributed by atoms with Crippen LogP contribution in [0.4, 0.5) is 13.6 Å². The standard InChI is InChI=1S/C16H20F2N2O3/c1-22-9-11-8-20(4-5-23-11)16(21)19-15-7-13(15)12-3-2-10(17)6-14(12)18/h2-3,6,11,13,15H,4-5,7-9H2,1H3,(H,19,21). The number of amides is 2. The zero-order chi connectivity index (χ0) is 16.4. The van der Waals surface area contributed by atoms with Gasteiger partial charge >= 0.3 is 6.03 Å². The SMILES string of the molecule is COCC1CN(C(=O)NC2CC2c2ccc(F)cc2F)CCO1. The van der Waals surface area contributed by atoms with Gasteiger partial charge in [-0.15, -0.1) is 0 Å². The molecule has 1 N–H and O–H groups in total. The Hall–Kier alpha value is -1.73. The van der Waals surface area contributed by atoms with Gasteiger partial charge in [0.1, 0.15) is 11.6 Å². The first kappa shape index (κ1) is 16.1. The van der Waals surface area contributed by atoms with E-state index in [0.29, 0.717) is 38.3 Å². The number of nitrogens with one attached hydrogen (secondary N) is 1. The van der Waals surface area contributed by atoms with Gasteiger partial charge in [-0.25, -0.2) is 13.6 Å². The lowest BCUT2D eigenvalue weighted by molar-refractivity contribution is -0.0494. The minimum absolute atomic E-state index is 0.0876. The van der Waals surface area contributed by atoms with E-state index in [0.717, 1.165) is 6.07 Å². The maximum atomic E-state index is 13.7. The van der Waals surface area contributed by atoms with Crippen LogP contribution < -0.4 is 5.32 Å². The maximum Gasteiger partial charge on any atom is 0.317 e. The average Bonchev–Trinajstić information content (AvgIpc) is 3.26. The molecule has 2 amide bonds. The van der Waals surface area contributed by atoms with Gasteiger partial charge in [0.25, 0.3) is 0 Å². The van der Waals surface area contributed by atoms with Gasteiger partial charge in [0.2, 0.25) is 0 Å². The predicted octanol–water partition coefficient (Wildman–Crippen LogP) is 1.88. The molecule has 1 saturated carbocycles. The van der Waals surface area contributed by atoms with Gasteiger partial charge in [-0.1, -0.05) is 6.07 Å². The summed E-state index contributed by atoms with van der Waals surface area (Å²) in [5, 5.41) is 2.91. The van der Waals surface area contributed by atoms with Crippen molar-refractivity contribution in [3.8, 4) is 0 Å². The molecule has 2 fully saturated rings. The number of hydrogen-bond donors (Lipinski definition) is 1. The van der Waals surface area contributed by atoms with Crippen LogP contribution in [0.3, 0.4) is 0 Å². The molecular formula is C16H20F2N2O3. The second kappa shape index (κ2) is 6.80. The molecule has 0 spiro atoms.